The molecule has 1 aromatic carbocycles. The second kappa shape index (κ2) is 7.44. The predicted molar refractivity (Wildman–Crippen MR) is 109 cm³/mol. The first kappa shape index (κ1) is 19.3. The Morgan fingerprint density at radius 3 is 2.59 bits per heavy atom. The molecule has 29 heavy (non-hydrogen) atoms. The maximum Gasteiger partial charge on any atom is 0.401 e. The first-order chi connectivity index (χ1) is 13.9. The SMILES string of the molecule is Cc1c[n+]2c(n1CCCN(C)Cc1ccccc1)N=C1C2C(=O)N(C)C(=O)N1C. The molecule has 4 rings (SSSR count). The average Bonchev–Trinajstić information content (AvgIpc) is 3.21. The number of fused-ring (bicyclic) bond motifs is 3. The smallest absolute Gasteiger partial charge is 0.302 e. The summed E-state index contributed by atoms with van der Waals surface area (Å²) in [6.07, 6.45) is 2.92. The van der Waals surface area contributed by atoms with E-state index in [1.54, 1.807) is 7.05 Å². The number of amides is 3. The van der Waals surface area contributed by atoms with E-state index in [-0.39, 0.29) is 11.9 Å². The summed E-state index contributed by atoms with van der Waals surface area (Å²) >= 11 is 0. The number of hydrogen-bond donors (Lipinski definition) is 0. The van der Waals surface area contributed by atoms with Crippen molar-refractivity contribution >= 4 is 23.7 Å². The van der Waals surface area contributed by atoms with Crippen LogP contribution in [0.25, 0.3) is 0 Å². The van der Waals surface area contributed by atoms with Gasteiger partial charge in [-0.15, -0.1) is 0 Å². The molecule has 8 nitrogen and oxygen atoms in total. The van der Waals surface area contributed by atoms with E-state index < -0.39 is 6.04 Å². The zero-order valence-electron chi connectivity index (χ0n) is 17.4. The minimum absolute atomic E-state index is 0.240. The van der Waals surface area contributed by atoms with E-state index in [4.69, 9.17) is 0 Å². The van der Waals surface area contributed by atoms with Crippen molar-refractivity contribution in [3.05, 3.63) is 47.8 Å². The Labute approximate surface area is 170 Å². The standard InChI is InChI=1S/C21H27N6O2/c1-15-13-27-17-18(24(3)21(29)25(4)19(17)28)22-20(27)26(15)12-8-11-23(2)14-16-9-6-5-7-10-16/h5-7,9-10,13,17H,8,11-12,14H2,1-4H3/q+1. The van der Waals surface area contributed by atoms with E-state index >= 15 is 0 Å². The Balaban J connectivity index is 1.47. The highest BCUT2D eigenvalue weighted by Gasteiger charge is 2.52. The molecule has 3 heterocycles. The molecule has 1 unspecified atom stereocenters. The number of nitrogens with zero attached hydrogens (tertiary/aromatic N) is 6. The number of carbonyl (C=O) groups is 2. The van der Waals surface area contributed by atoms with Gasteiger partial charge in [-0.05, 0) is 26.0 Å². The summed E-state index contributed by atoms with van der Waals surface area (Å²) in [5, 5.41) is 0. The van der Waals surface area contributed by atoms with Gasteiger partial charge in [0.1, 0.15) is 11.9 Å². The minimum atomic E-state index is -0.557. The first-order valence-electron chi connectivity index (χ1n) is 9.86. The lowest BCUT2D eigenvalue weighted by Crippen LogP contribution is -2.61. The number of benzene rings is 1. The molecule has 0 aliphatic carbocycles. The molecule has 0 saturated carbocycles. The molecule has 0 N–H and O–H groups in total. The van der Waals surface area contributed by atoms with Crippen molar-refractivity contribution in [1.82, 2.24) is 19.3 Å². The van der Waals surface area contributed by atoms with Crippen molar-refractivity contribution in [3.8, 4) is 0 Å². The fourth-order valence-electron chi connectivity index (χ4n) is 4.06. The highest BCUT2D eigenvalue weighted by atomic mass is 16.2. The van der Waals surface area contributed by atoms with Gasteiger partial charge in [-0.3, -0.25) is 14.6 Å². The number of aryl methyl sites for hydroxylation is 1. The lowest BCUT2D eigenvalue weighted by Gasteiger charge is -2.30. The van der Waals surface area contributed by atoms with Gasteiger partial charge in [-0.2, -0.15) is 0 Å². The van der Waals surface area contributed by atoms with Crippen LogP contribution in [0.5, 0.6) is 0 Å². The molecule has 0 radical (unpaired) electrons. The zero-order chi connectivity index (χ0) is 20.7. The van der Waals surface area contributed by atoms with Crippen LogP contribution < -0.4 is 4.57 Å². The monoisotopic (exact) mass is 395 g/mol. The molecule has 8 heteroatoms. The van der Waals surface area contributed by atoms with Crippen molar-refractivity contribution in [3.63, 3.8) is 0 Å². The number of imidazole rings is 1. The summed E-state index contributed by atoms with van der Waals surface area (Å²) in [5.41, 5.74) is 2.36. The number of rotatable bonds is 6. The Morgan fingerprint density at radius 1 is 1.14 bits per heavy atom. The highest BCUT2D eigenvalue weighted by molar-refractivity contribution is 6.18. The molecular weight excluding hydrogens is 368 g/mol. The number of amidine groups is 1. The van der Waals surface area contributed by atoms with Crippen LogP contribution >= 0.6 is 0 Å². The minimum Gasteiger partial charge on any atom is -0.302 e. The number of hydrogen-bond acceptors (Lipinski definition) is 4. The fourth-order valence-corrected chi connectivity index (χ4v) is 4.06. The average molecular weight is 395 g/mol. The Hall–Kier alpha value is -3.00. The third-order valence-electron chi connectivity index (χ3n) is 5.66. The second-order valence-electron chi connectivity index (χ2n) is 7.82. The van der Waals surface area contributed by atoms with E-state index in [1.165, 1.54) is 17.5 Å². The van der Waals surface area contributed by atoms with Gasteiger partial charge in [-0.1, -0.05) is 35.3 Å². The van der Waals surface area contributed by atoms with Crippen molar-refractivity contribution < 1.29 is 14.2 Å². The third kappa shape index (κ3) is 3.33. The summed E-state index contributed by atoms with van der Waals surface area (Å²) in [4.78, 5) is 34.5. The van der Waals surface area contributed by atoms with Crippen molar-refractivity contribution in [2.45, 2.75) is 32.5 Å². The molecule has 1 saturated heterocycles. The fraction of sp³-hybridized carbons (Fsp3) is 0.429. The predicted octanol–water partition coefficient (Wildman–Crippen LogP) is 1.71. The largest absolute Gasteiger partial charge is 0.401 e. The van der Waals surface area contributed by atoms with E-state index in [0.717, 1.165) is 42.6 Å². The molecule has 1 atom stereocenters. The van der Waals surface area contributed by atoms with Crippen LogP contribution in [-0.2, 0) is 17.9 Å². The van der Waals surface area contributed by atoms with Gasteiger partial charge in [0.25, 0.3) is 5.91 Å². The maximum atomic E-state index is 12.7. The maximum absolute atomic E-state index is 12.7. The van der Waals surface area contributed by atoms with Crippen molar-refractivity contribution in [2.75, 3.05) is 27.7 Å². The van der Waals surface area contributed by atoms with E-state index in [9.17, 15) is 9.59 Å². The normalized spacial score (nSPS) is 18.4. The van der Waals surface area contributed by atoms with Crippen LogP contribution in [0.4, 0.5) is 10.7 Å². The molecular formula is C21H27N6O2+. The van der Waals surface area contributed by atoms with E-state index in [0.29, 0.717) is 5.84 Å². The van der Waals surface area contributed by atoms with Crippen LogP contribution in [0, 0.1) is 6.92 Å². The topological polar surface area (TPSA) is 65.0 Å². The van der Waals surface area contributed by atoms with E-state index in [2.05, 4.69) is 45.8 Å². The number of aromatic nitrogens is 2. The molecule has 2 aliphatic heterocycles. The van der Waals surface area contributed by atoms with Crippen LogP contribution in [-0.4, -0.2) is 64.7 Å². The van der Waals surface area contributed by atoms with Crippen LogP contribution in [0.1, 0.15) is 23.7 Å². The van der Waals surface area contributed by atoms with Crippen LogP contribution in [0.3, 0.4) is 0 Å². The Bertz CT molecular complexity index is 981. The second-order valence-corrected chi connectivity index (χ2v) is 7.82. The molecule has 1 aromatic heterocycles. The number of imide groups is 1. The van der Waals surface area contributed by atoms with Gasteiger partial charge in [0.05, 0.1) is 6.54 Å². The number of carbonyl (C=O) groups excluding carboxylic acids is 2. The van der Waals surface area contributed by atoms with Gasteiger partial charge in [-0.25, -0.2) is 13.9 Å². The van der Waals surface area contributed by atoms with Crippen LogP contribution in [0.15, 0.2) is 41.5 Å². The Morgan fingerprint density at radius 2 is 1.86 bits per heavy atom. The van der Waals surface area contributed by atoms with Crippen molar-refractivity contribution in [2.24, 2.45) is 4.99 Å². The van der Waals surface area contributed by atoms with Gasteiger partial charge < -0.3 is 4.90 Å². The molecule has 0 spiro atoms. The molecule has 2 aliphatic rings. The van der Waals surface area contributed by atoms with Gasteiger partial charge in [0.2, 0.25) is 11.9 Å². The molecule has 152 valence electrons. The highest BCUT2D eigenvalue weighted by Crippen LogP contribution is 2.28. The summed E-state index contributed by atoms with van der Waals surface area (Å²) in [6, 6.07) is 9.53. The molecule has 1 fully saturated rings. The summed E-state index contributed by atoms with van der Waals surface area (Å²) in [6.45, 7) is 4.70. The van der Waals surface area contributed by atoms with Crippen LogP contribution in [0.2, 0.25) is 0 Å². The third-order valence-corrected chi connectivity index (χ3v) is 5.66. The summed E-state index contributed by atoms with van der Waals surface area (Å²) in [5.74, 6) is 0.995. The van der Waals surface area contributed by atoms with Gasteiger partial charge >= 0.3 is 12.0 Å². The number of likely N-dealkylation sites (N-methyl/N-ethyl adjacent to an activating group) is 2. The molecule has 2 aromatic rings. The van der Waals surface area contributed by atoms with E-state index in [1.807, 2.05) is 23.8 Å². The van der Waals surface area contributed by atoms with Gasteiger partial charge in [0, 0.05) is 27.2 Å². The molecule has 3 amide bonds. The Kier molecular flexibility index (Phi) is 4.96. The lowest BCUT2D eigenvalue weighted by atomic mass is 10.2. The molecule has 0 bridgehead atoms. The quantitative estimate of drug-likeness (QED) is 0.700. The first-order valence-corrected chi connectivity index (χ1v) is 9.86. The lowest BCUT2D eigenvalue weighted by molar-refractivity contribution is -0.677. The van der Waals surface area contributed by atoms with Gasteiger partial charge in [0.15, 0.2) is 0 Å². The number of aliphatic imine (C=N–C) groups is 1. The summed E-state index contributed by atoms with van der Waals surface area (Å²) < 4.78 is 4.02. The van der Waals surface area contributed by atoms with Crippen molar-refractivity contribution in [1.29, 1.82) is 0 Å². The summed E-state index contributed by atoms with van der Waals surface area (Å²) in [7, 11) is 5.31. The number of urea groups is 1. The zero-order valence-corrected chi connectivity index (χ0v) is 17.4.